The quantitative estimate of drug-likeness (QED) is 0.542. The molecular weight excluding hydrogens is 470 g/mol. The number of aryl methyl sites for hydroxylation is 1. The summed E-state index contributed by atoms with van der Waals surface area (Å²) >= 11 is 3.58. The van der Waals surface area contributed by atoms with Crippen molar-refractivity contribution in [3.8, 4) is 11.5 Å². The van der Waals surface area contributed by atoms with Gasteiger partial charge in [0.15, 0.2) is 0 Å². The first-order chi connectivity index (χ1) is 15.5. The number of hydrogen-bond donors (Lipinski definition) is 1. The van der Waals surface area contributed by atoms with Gasteiger partial charge in [-0.3, -0.25) is 4.79 Å². The highest BCUT2D eigenvalue weighted by atomic mass is 79.9. The zero-order chi connectivity index (χ0) is 22.0. The number of carbonyl (C=O) groups excluding carboxylic acids is 1. The SMILES string of the molecule is COc1ccc(C2=NN3[C@H](C2)c2cc(Br)ccc2O[C@]32C(=O)Nc3ccc(C)cc32)cc1. The second-order valence-electron chi connectivity index (χ2n) is 8.27. The maximum Gasteiger partial charge on any atom is 0.306 e. The average molecular weight is 490 g/mol. The second kappa shape index (κ2) is 6.84. The first-order valence-corrected chi connectivity index (χ1v) is 11.2. The van der Waals surface area contributed by atoms with Gasteiger partial charge < -0.3 is 14.8 Å². The molecule has 3 aliphatic rings. The van der Waals surface area contributed by atoms with E-state index in [0.29, 0.717) is 12.2 Å². The van der Waals surface area contributed by atoms with E-state index in [9.17, 15) is 4.79 Å². The number of halogens is 1. The maximum absolute atomic E-state index is 13.5. The summed E-state index contributed by atoms with van der Waals surface area (Å²) < 4.78 is 12.8. The topological polar surface area (TPSA) is 63.2 Å². The average Bonchev–Trinajstić information content (AvgIpc) is 3.36. The molecule has 3 aromatic carbocycles. The van der Waals surface area contributed by atoms with Gasteiger partial charge in [-0.25, -0.2) is 5.01 Å². The number of anilines is 1. The molecule has 1 N–H and O–H groups in total. The van der Waals surface area contributed by atoms with Gasteiger partial charge in [0.05, 0.1) is 30.1 Å². The van der Waals surface area contributed by atoms with Crippen LogP contribution in [-0.4, -0.2) is 23.7 Å². The Morgan fingerprint density at radius 1 is 1.16 bits per heavy atom. The summed E-state index contributed by atoms with van der Waals surface area (Å²) in [5, 5.41) is 9.84. The predicted molar refractivity (Wildman–Crippen MR) is 125 cm³/mol. The third-order valence-corrected chi connectivity index (χ3v) is 6.83. The highest BCUT2D eigenvalue weighted by Crippen LogP contribution is 2.54. The fourth-order valence-corrected chi connectivity index (χ4v) is 5.16. The van der Waals surface area contributed by atoms with E-state index >= 15 is 0 Å². The number of methoxy groups -OCH3 is 1. The molecular formula is C25H20BrN3O3. The van der Waals surface area contributed by atoms with Gasteiger partial charge in [0, 0.05) is 16.5 Å². The number of rotatable bonds is 2. The molecule has 0 aliphatic carbocycles. The number of hydrazone groups is 1. The minimum Gasteiger partial charge on any atom is -0.497 e. The number of amides is 1. The Morgan fingerprint density at radius 3 is 2.75 bits per heavy atom. The Hall–Kier alpha value is -3.32. The molecule has 2 atom stereocenters. The van der Waals surface area contributed by atoms with Crippen LogP contribution in [0.15, 0.2) is 70.2 Å². The monoisotopic (exact) mass is 489 g/mol. The molecule has 3 aliphatic heterocycles. The predicted octanol–water partition coefficient (Wildman–Crippen LogP) is 5.11. The summed E-state index contributed by atoms with van der Waals surface area (Å²) in [5.41, 5.74) is 4.16. The molecule has 0 unspecified atom stereocenters. The van der Waals surface area contributed by atoms with E-state index in [-0.39, 0.29) is 11.9 Å². The first kappa shape index (κ1) is 19.4. The van der Waals surface area contributed by atoms with E-state index in [2.05, 4.69) is 27.3 Å². The molecule has 160 valence electrons. The molecule has 0 saturated heterocycles. The van der Waals surface area contributed by atoms with Crippen molar-refractivity contribution in [3.63, 3.8) is 0 Å². The lowest BCUT2D eigenvalue weighted by molar-refractivity contribution is -0.161. The zero-order valence-corrected chi connectivity index (χ0v) is 19.1. The van der Waals surface area contributed by atoms with Crippen LogP contribution in [0.25, 0.3) is 0 Å². The third-order valence-electron chi connectivity index (χ3n) is 6.34. The molecule has 0 fully saturated rings. The fourth-order valence-electron chi connectivity index (χ4n) is 4.78. The summed E-state index contributed by atoms with van der Waals surface area (Å²) in [6.45, 7) is 2.01. The van der Waals surface area contributed by atoms with Crippen LogP contribution in [0, 0.1) is 6.92 Å². The van der Waals surface area contributed by atoms with Crippen molar-refractivity contribution in [3.05, 3.63) is 87.4 Å². The van der Waals surface area contributed by atoms with Gasteiger partial charge in [-0.1, -0.05) is 27.6 Å². The largest absolute Gasteiger partial charge is 0.497 e. The number of nitrogens with zero attached hydrogens (tertiary/aromatic N) is 2. The number of fused-ring (bicyclic) bond motifs is 6. The summed E-state index contributed by atoms with van der Waals surface area (Å²) in [4.78, 5) is 13.5. The molecule has 0 radical (unpaired) electrons. The van der Waals surface area contributed by atoms with Crippen molar-refractivity contribution in [2.24, 2.45) is 5.10 Å². The highest BCUT2D eigenvalue weighted by Gasteiger charge is 2.60. The smallest absolute Gasteiger partial charge is 0.306 e. The minimum absolute atomic E-state index is 0.134. The fraction of sp³-hybridized carbons (Fsp3) is 0.200. The molecule has 0 bridgehead atoms. The number of carbonyl (C=O) groups is 1. The molecule has 0 saturated carbocycles. The van der Waals surface area contributed by atoms with Crippen LogP contribution in [0.4, 0.5) is 5.69 Å². The Balaban J connectivity index is 1.55. The van der Waals surface area contributed by atoms with Crippen molar-refractivity contribution in [2.75, 3.05) is 12.4 Å². The Kier molecular flexibility index (Phi) is 4.14. The maximum atomic E-state index is 13.5. The lowest BCUT2D eigenvalue weighted by Gasteiger charge is -2.44. The van der Waals surface area contributed by atoms with Gasteiger partial charge in [-0.15, -0.1) is 0 Å². The van der Waals surface area contributed by atoms with E-state index in [0.717, 1.165) is 43.9 Å². The van der Waals surface area contributed by atoms with E-state index in [1.165, 1.54) is 0 Å². The Bertz CT molecular complexity index is 1300. The van der Waals surface area contributed by atoms with E-state index in [4.69, 9.17) is 14.6 Å². The summed E-state index contributed by atoms with van der Waals surface area (Å²) in [6, 6.07) is 19.5. The third kappa shape index (κ3) is 2.64. The van der Waals surface area contributed by atoms with Crippen molar-refractivity contribution in [1.29, 1.82) is 0 Å². The van der Waals surface area contributed by atoms with Crippen LogP contribution >= 0.6 is 15.9 Å². The van der Waals surface area contributed by atoms with Crippen molar-refractivity contribution in [2.45, 2.75) is 25.1 Å². The van der Waals surface area contributed by atoms with Gasteiger partial charge in [-0.2, -0.15) is 5.10 Å². The van der Waals surface area contributed by atoms with Crippen molar-refractivity contribution in [1.82, 2.24) is 5.01 Å². The second-order valence-corrected chi connectivity index (χ2v) is 9.19. The van der Waals surface area contributed by atoms with Crippen LogP contribution in [0.5, 0.6) is 11.5 Å². The van der Waals surface area contributed by atoms with E-state index < -0.39 is 5.72 Å². The lowest BCUT2D eigenvalue weighted by Crippen LogP contribution is -2.55. The molecule has 1 amide bonds. The number of benzene rings is 3. The Morgan fingerprint density at radius 2 is 1.97 bits per heavy atom. The summed E-state index contributed by atoms with van der Waals surface area (Å²) in [6.07, 6.45) is 0.662. The molecule has 1 spiro atoms. The standard InChI is InChI=1S/C25H20BrN3O3/c1-14-3-9-20-19(11-14)25(24(30)27-20)29-22(18-12-16(26)6-10-23(18)32-25)13-21(28-29)15-4-7-17(31-2)8-5-15/h3-12,22H,13H2,1-2H3,(H,27,30)/t22-,25-/m1/s1. The van der Waals surface area contributed by atoms with Crippen molar-refractivity contribution < 1.29 is 14.3 Å². The molecule has 32 heavy (non-hydrogen) atoms. The minimum atomic E-state index is -1.35. The van der Waals surface area contributed by atoms with Crippen LogP contribution in [-0.2, 0) is 10.5 Å². The van der Waals surface area contributed by atoms with Gasteiger partial charge in [0.25, 0.3) is 5.91 Å². The van der Waals surface area contributed by atoms with E-state index in [1.807, 2.05) is 66.5 Å². The molecule has 3 heterocycles. The summed E-state index contributed by atoms with van der Waals surface area (Å²) in [5.74, 6) is 1.26. The molecule has 3 aromatic rings. The molecule has 6 nitrogen and oxygen atoms in total. The first-order valence-electron chi connectivity index (χ1n) is 10.4. The molecule has 7 heteroatoms. The normalized spacial score (nSPS) is 22.6. The zero-order valence-electron chi connectivity index (χ0n) is 17.6. The van der Waals surface area contributed by atoms with Crippen LogP contribution in [0.3, 0.4) is 0 Å². The van der Waals surface area contributed by atoms with Crippen LogP contribution < -0.4 is 14.8 Å². The van der Waals surface area contributed by atoms with Crippen LogP contribution in [0.1, 0.15) is 34.7 Å². The number of nitrogens with one attached hydrogen (secondary N) is 1. The Labute approximate surface area is 194 Å². The number of ether oxygens (including phenoxy) is 2. The molecule has 0 aromatic heterocycles. The van der Waals surface area contributed by atoms with Gasteiger partial charge in [0.2, 0.25) is 0 Å². The van der Waals surface area contributed by atoms with Gasteiger partial charge >= 0.3 is 5.72 Å². The van der Waals surface area contributed by atoms with Gasteiger partial charge in [-0.05, 0) is 67.1 Å². The highest BCUT2D eigenvalue weighted by molar-refractivity contribution is 9.10. The lowest BCUT2D eigenvalue weighted by atomic mass is 9.92. The van der Waals surface area contributed by atoms with Gasteiger partial charge in [0.1, 0.15) is 11.5 Å². The van der Waals surface area contributed by atoms with Crippen molar-refractivity contribution >= 4 is 33.2 Å². The molecule has 6 rings (SSSR count). The van der Waals surface area contributed by atoms with Crippen LogP contribution in [0.2, 0.25) is 0 Å². The van der Waals surface area contributed by atoms with E-state index in [1.54, 1.807) is 7.11 Å². The summed E-state index contributed by atoms with van der Waals surface area (Å²) in [7, 11) is 1.65. The number of hydrogen-bond acceptors (Lipinski definition) is 5.